The molecule has 0 aliphatic carbocycles. The van der Waals surface area contributed by atoms with Crippen molar-refractivity contribution >= 4 is 5.69 Å². The second-order valence-corrected chi connectivity index (χ2v) is 6.00. The number of aliphatic hydroxyl groups excluding tert-OH is 1. The van der Waals surface area contributed by atoms with Crippen molar-refractivity contribution in [2.45, 2.75) is 52.7 Å². The van der Waals surface area contributed by atoms with Crippen molar-refractivity contribution in [1.29, 1.82) is 0 Å². The topological polar surface area (TPSA) is 44.7 Å². The number of nitrogens with zero attached hydrogens (tertiary/aromatic N) is 1. The molecule has 1 rings (SSSR count). The van der Waals surface area contributed by atoms with Gasteiger partial charge < -0.3 is 20.1 Å². The van der Waals surface area contributed by atoms with E-state index in [0.29, 0.717) is 0 Å². The first-order valence-electron chi connectivity index (χ1n) is 8.40. The van der Waals surface area contributed by atoms with Gasteiger partial charge in [-0.2, -0.15) is 0 Å². The van der Waals surface area contributed by atoms with Crippen LogP contribution in [-0.2, 0) is 6.54 Å². The molecule has 0 aliphatic rings. The van der Waals surface area contributed by atoms with Gasteiger partial charge in [-0.25, -0.2) is 0 Å². The summed E-state index contributed by atoms with van der Waals surface area (Å²) >= 11 is 0. The number of nitrogens with one attached hydrogen (secondary N) is 1. The van der Waals surface area contributed by atoms with Gasteiger partial charge in [0.2, 0.25) is 0 Å². The van der Waals surface area contributed by atoms with Gasteiger partial charge in [-0.1, -0.05) is 19.4 Å². The fourth-order valence-corrected chi connectivity index (χ4v) is 2.28. The Morgan fingerprint density at radius 2 is 2.05 bits per heavy atom. The lowest BCUT2D eigenvalue weighted by molar-refractivity contribution is 0.242. The van der Waals surface area contributed by atoms with Crippen LogP contribution >= 0.6 is 0 Å². The van der Waals surface area contributed by atoms with Crippen molar-refractivity contribution in [3.8, 4) is 5.75 Å². The summed E-state index contributed by atoms with van der Waals surface area (Å²) in [5.41, 5.74) is 2.36. The highest BCUT2D eigenvalue weighted by molar-refractivity contribution is 5.59. The Bertz CT molecular complexity index is 422. The molecule has 2 N–H and O–H groups in total. The van der Waals surface area contributed by atoms with Crippen molar-refractivity contribution in [3.05, 3.63) is 23.8 Å². The van der Waals surface area contributed by atoms with Gasteiger partial charge in [0.1, 0.15) is 5.75 Å². The summed E-state index contributed by atoms with van der Waals surface area (Å²) < 4.78 is 6.01. The molecule has 1 aromatic carbocycles. The first-order chi connectivity index (χ1) is 10.6. The third-order valence-corrected chi connectivity index (χ3v) is 3.49. The van der Waals surface area contributed by atoms with Crippen LogP contribution in [-0.4, -0.2) is 38.0 Å². The van der Waals surface area contributed by atoms with Gasteiger partial charge in [0.05, 0.1) is 11.8 Å². The zero-order valence-corrected chi connectivity index (χ0v) is 14.6. The third kappa shape index (κ3) is 6.67. The molecule has 0 atom stereocenters. The van der Waals surface area contributed by atoms with Crippen LogP contribution < -0.4 is 15.0 Å². The smallest absolute Gasteiger partial charge is 0.143 e. The Labute approximate surface area is 135 Å². The second kappa shape index (κ2) is 10.5. The Morgan fingerprint density at radius 1 is 1.27 bits per heavy atom. The first-order valence-corrected chi connectivity index (χ1v) is 8.40. The van der Waals surface area contributed by atoms with Crippen LogP contribution in [0.2, 0.25) is 0 Å². The van der Waals surface area contributed by atoms with E-state index in [-0.39, 0.29) is 12.7 Å². The monoisotopic (exact) mass is 308 g/mol. The Balaban J connectivity index is 2.78. The molecule has 0 radical (unpaired) electrons. The van der Waals surface area contributed by atoms with Gasteiger partial charge >= 0.3 is 0 Å². The fraction of sp³-hybridized carbons (Fsp3) is 0.667. The number of benzene rings is 1. The largest absolute Gasteiger partial charge is 0.489 e. The quantitative estimate of drug-likeness (QED) is 0.616. The molecule has 126 valence electrons. The molecule has 0 saturated heterocycles. The predicted molar refractivity (Wildman–Crippen MR) is 93.8 cm³/mol. The summed E-state index contributed by atoms with van der Waals surface area (Å²) in [6.45, 7) is 9.22. The molecule has 0 aromatic heterocycles. The van der Waals surface area contributed by atoms with Gasteiger partial charge in [-0.15, -0.1) is 0 Å². The summed E-state index contributed by atoms with van der Waals surface area (Å²) in [5, 5.41) is 12.1. The summed E-state index contributed by atoms with van der Waals surface area (Å²) in [4.78, 5) is 2.27. The van der Waals surface area contributed by atoms with Crippen molar-refractivity contribution in [2.24, 2.45) is 0 Å². The molecule has 0 fully saturated rings. The van der Waals surface area contributed by atoms with Gasteiger partial charge in [0.15, 0.2) is 0 Å². The average Bonchev–Trinajstić information content (AvgIpc) is 2.49. The standard InChI is InChI=1S/C18H32N2O2/c1-5-6-11-20(4)17-9-8-16(14-19-10-7-12-21)13-18(17)22-15(2)3/h8-9,13,15,19,21H,5-7,10-12,14H2,1-4H3. The van der Waals surface area contributed by atoms with Gasteiger partial charge in [0, 0.05) is 26.7 Å². The molecule has 1 aromatic rings. The molecule has 4 heteroatoms. The minimum atomic E-state index is 0.163. The van der Waals surface area contributed by atoms with Gasteiger partial charge in [-0.3, -0.25) is 0 Å². The minimum Gasteiger partial charge on any atom is -0.489 e. The van der Waals surface area contributed by atoms with Crippen LogP contribution in [0.4, 0.5) is 5.69 Å². The highest BCUT2D eigenvalue weighted by Crippen LogP contribution is 2.30. The van der Waals surface area contributed by atoms with Crippen molar-refractivity contribution in [2.75, 3.05) is 31.6 Å². The zero-order valence-electron chi connectivity index (χ0n) is 14.6. The van der Waals surface area contributed by atoms with Crippen LogP contribution in [0.15, 0.2) is 18.2 Å². The Hall–Kier alpha value is -1.26. The molecule has 0 spiro atoms. The van der Waals surface area contributed by atoms with Gasteiger partial charge in [-0.05, 0) is 50.9 Å². The summed E-state index contributed by atoms with van der Waals surface area (Å²) in [7, 11) is 2.12. The molecule has 0 aliphatic heterocycles. The lowest BCUT2D eigenvalue weighted by Gasteiger charge is -2.24. The van der Waals surface area contributed by atoms with Crippen LogP contribution in [0.1, 0.15) is 45.6 Å². The molecule has 0 amide bonds. The van der Waals surface area contributed by atoms with E-state index in [2.05, 4.69) is 56.2 Å². The van der Waals surface area contributed by atoms with E-state index in [1.165, 1.54) is 18.4 Å². The molecule has 4 nitrogen and oxygen atoms in total. The maximum absolute atomic E-state index is 8.81. The Kier molecular flexibility index (Phi) is 8.94. The van der Waals surface area contributed by atoms with E-state index in [9.17, 15) is 0 Å². The maximum Gasteiger partial charge on any atom is 0.143 e. The van der Waals surface area contributed by atoms with Crippen LogP contribution in [0.3, 0.4) is 0 Å². The van der Waals surface area contributed by atoms with Crippen LogP contribution in [0.25, 0.3) is 0 Å². The minimum absolute atomic E-state index is 0.163. The number of ether oxygens (including phenoxy) is 1. The molecule has 22 heavy (non-hydrogen) atoms. The Morgan fingerprint density at radius 3 is 2.68 bits per heavy atom. The number of hydrogen-bond acceptors (Lipinski definition) is 4. The number of aliphatic hydroxyl groups is 1. The molecular formula is C18H32N2O2. The third-order valence-electron chi connectivity index (χ3n) is 3.49. The van der Waals surface area contributed by atoms with Gasteiger partial charge in [0.25, 0.3) is 0 Å². The summed E-state index contributed by atoms with van der Waals surface area (Å²) in [6.07, 6.45) is 3.32. The van der Waals surface area contributed by atoms with E-state index in [1.54, 1.807) is 0 Å². The lowest BCUT2D eigenvalue weighted by atomic mass is 10.1. The first kappa shape index (κ1) is 18.8. The van der Waals surface area contributed by atoms with E-state index >= 15 is 0 Å². The highest BCUT2D eigenvalue weighted by atomic mass is 16.5. The predicted octanol–water partition coefficient (Wildman–Crippen LogP) is 3.18. The molecule has 0 saturated carbocycles. The van der Waals surface area contributed by atoms with Crippen molar-refractivity contribution < 1.29 is 9.84 Å². The van der Waals surface area contributed by atoms with Crippen LogP contribution in [0, 0.1) is 0 Å². The molecule has 0 bridgehead atoms. The molecule has 0 unspecified atom stereocenters. The van der Waals surface area contributed by atoms with E-state index in [0.717, 1.165) is 37.5 Å². The SMILES string of the molecule is CCCCN(C)c1ccc(CNCCCO)cc1OC(C)C. The average molecular weight is 308 g/mol. The highest BCUT2D eigenvalue weighted by Gasteiger charge is 2.11. The second-order valence-electron chi connectivity index (χ2n) is 6.00. The number of anilines is 1. The number of hydrogen-bond donors (Lipinski definition) is 2. The number of unbranched alkanes of at least 4 members (excludes halogenated alkanes) is 1. The fourth-order valence-electron chi connectivity index (χ4n) is 2.28. The van der Waals surface area contributed by atoms with Crippen LogP contribution in [0.5, 0.6) is 5.75 Å². The molecule has 0 heterocycles. The van der Waals surface area contributed by atoms with Crippen molar-refractivity contribution in [3.63, 3.8) is 0 Å². The lowest BCUT2D eigenvalue weighted by Crippen LogP contribution is -2.21. The van der Waals surface area contributed by atoms with E-state index in [1.807, 2.05) is 0 Å². The number of rotatable bonds is 11. The maximum atomic E-state index is 8.81. The zero-order chi connectivity index (χ0) is 16.4. The van der Waals surface area contributed by atoms with Crippen molar-refractivity contribution in [1.82, 2.24) is 5.32 Å². The normalized spacial score (nSPS) is 11.0. The summed E-state index contributed by atoms with van der Waals surface area (Å²) in [6, 6.07) is 6.43. The molecular weight excluding hydrogens is 276 g/mol. The van der Waals surface area contributed by atoms with E-state index < -0.39 is 0 Å². The summed E-state index contributed by atoms with van der Waals surface area (Å²) in [5.74, 6) is 0.954. The van der Waals surface area contributed by atoms with E-state index in [4.69, 9.17) is 9.84 Å².